The average molecular weight is 418 g/mol. The van der Waals surface area contributed by atoms with E-state index >= 15 is 0 Å². The van der Waals surface area contributed by atoms with Crippen LogP contribution >= 0.6 is 0 Å². The Morgan fingerprint density at radius 2 is 1.90 bits per heavy atom. The lowest BCUT2D eigenvalue weighted by atomic mass is 10.1. The molecule has 30 heavy (non-hydrogen) atoms. The van der Waals surface area contributed by atoms with E-state index in [1.54, 1.807) is 24.3 Å². The van der Waals surface area contributed by atoms with E-state index in [4.69, 9.17) is 18.9 Å². The number of methoxy groups -OCH3 is 1. The van der Waals surface area contributed by atoms with Crippen LogP contribution < -0.4 is 25.1 Å². The molecule has 1 aliphatic heterocycles. The maximum atomic E-state index is 13.6. The number of benzene rings is 2. The summed E-state index contributed by atoms with van der Waals surface area (Å²) in [6.45, 7) is -0.644. The summed E-state index contributed by atoms with van der Waals surface area (Å²) in [5.74, 6) is -1.74. The second-order valence-corrected chi connectivity index (χ2v) is 6.21. The van der Waals surface area contributed by atoms with Crippen molar-refractivity contribution in [2.24, 2.45) is 0 Å². The summed E-state index contributed by atoms with van der Waals surface area (Å²) in [5.41, 5.74) is 4.66. The smallest absolute Gasteiger partial charge is 0.310 e. The van der Waals surface area contributed by atoms with E-state index in [-0.39, 0.29) is 18.8 Å². The van der Waals surface area contributed by atoms with Crippen LogP contribution in [0.15, 0.2) is 42.5 Å². The van der Waals surface area contributed by atoms with Gasteiger partial charge >= 0.3 is 5.97 Å². The van der Waals surface area contributed by atoms with Crippen molar-refractivity contribution in [3.63, 3.8) is 0 Å². The summed E-state index contributed by atoms with van der Waals surface area (Å²) in [6, 6.07) is 10.9. The first-order valence-electron chi connectivity index (χ1n) is 8.91. The Labute approximate surface area is 171 Å². The molecule has 2 N–H and O–H groups in total. The third-order valence-corrected chi connectivity index (χ3v) is 4.06. The Kier molecular flexibility index (Phi) is 6.68. The van der Waals surface area contributed by atoms with Crippen LogP contribution in [0.4, 0.5) is 4.39 Å². The maximum Gasteiger partial charge on any atom is 0.310 e. The Bertz CT molecular complexity index is 951. The molecule has 0 saturated carbocycles. The first-order chi connectivity index (χ1) is 14.5. The minimum Gasteiger partial charge on any atom is -0.494 e. The molecule has 0 unspecified atom stereocenters. The van der Waals surface area contributed by atoms with Crippen molar-refractivity contribution in [3.05, 3.63) is 53.8 Å². The predicted molar refractivity (Wildman–Crippen MR) is 100 cm³/mol. The molecule has 1 aliphatic rings. The maximum absolute atomic E-state index is 13.6. The summed E-state index contributed by atoms with van der Waals surface area (Å²) >= 11 is 0. The number of nitrogens with one attached hydrogen (secondary N) is 2. The number of halogens is 1. The molecular formula is C20H19FN2O7. The monoisotopic (exact) mass is 418 g/mol. The minimum atomic E-state index is -0.951. The molecule has 1 atom stereocenters. The number of amides is 2. The van der Waals surface area contributed by atoms with Gasteiger partial charge in [0.25, 0.3) is 11.8 Å². The van der Waals surface area contributed by atoms with E-state index in [2.05, 4.69) is 10.9 Å². The van der Waals surface area contributed by atoms with Gasteiger partial charge in [0.1, 0.15) is 6.61 Å². The second kappa shape index (κ2) is 9.59. The molecule has 0 fully saturated rings. The van der Waals surface area contributed by atoms with Crippen molar-refractivity contribution in [2.75, 3.05) is 20.3 Å². The fourth-order valence-electron chi connectivity index (χ4n) is 2.58. The van der Waals surface area contributed by atoms with E-state index < -0.39 is 36.3 Å². The second-order valence-electron chi connectivity index (χ2n) is 6.21. The Balaban J connectivity index is 1.39. The van der Waals surface area contributed by atoms with Crippen LogP contribution in [0.25, 0.3) is 0 Å². The summed E-state index contributed by atoms with van der Waals surface area (Å²) in [7, 11) is 1.33. The highest BCUT2D eigenvalue weighted by Crippen LogP contribution is 2.30. The van der Waals surface area contributed by atoms with Crippen molar-refractivity contribution in [2.45, 2.75) is 12.5 Å². The van der Waals surface area contributed by atoms with Gasteiger partial charge in [0.2, 0.25) is 6.10 Å². The molecule has 0 saturated heterocycles. The van der Waals surface area contributed by atoms with Gasteiger partial charge in [-0.1, -0.05) is 18.2 Å². The molecule has 10 heteroatoms. The lowest BCUT2D eigenvalue weighted by molar-refractivity contribution is -0.148. The Hall–Kier alpha value is -3.82. The molecule has 3 rings (SSSR count). The molecule has 0 spiro atoms. The average Bonchev–Trinajstić information content (AvgIpc) is 2.75. The third-order valence-electron chi connectivity index (χ3n) is 4.06. The molecule has 0 aliphatic carbocycles. The number of fused-ring (bicyclic) bond motifs is 1. The summed E-state index contributed by atoms with van der Waals surface area (Å²) in [4.78, 5) is 35.7. The number of esters is 1. The van der Waals surface area contributed by atoms with E-state index in [9.17, 15) is 18.8 Å². The van der Waals surface area contributed by atoms with E-state index in [1.165, 1.54) is 19.2 Å². The first-order valence-corrected chi connectivity index (χ1v) is 8.91. The van der Waals surface area contributed by atoms with Gasteiger partial charge < -0.3 is 18.9 Å². The molecule has 2 aromatic rings. The highest BCUT2D eigenvalue weighted by molar-refractivity contribution is 5.86. The lowest BCUT2D eigenvalue weighted by Gasteiger charge is -2.25. The summed E-state index contributed by atoms with van der Waals surface area (Å²) < 4.78 is 34.2. The highest BCUT2D eigenvalue weighted by Gasteiger charge is 2.27. The van der Waals surface area contributed by atoms with Crippen LogP contribution in [0.5, 0.6) is 17.2 Å². The third kappa shape index (κ3) is 5.37. The van der Waals surface area contributed by atoms with Crippen molar-refractivity contribution in [1.29, 1.82) is 0 Å². The number of carbonyl (C=O) groups excluding carboxylic acids is 3. The quantitative estimate of drug-likeness (QED) is 0.530. The normalized spacial score (nSPS) is 14.4. The van der Waals surface area contributed by atoms with Gasteiger partial charge in [0, 0.05) is 0 Å². The SMILES string of the molecule is COc1ccc(CC(=O)OCC(=O)NNC(=O)[C@H]2COc3ccccc3O2)cc1F. The van der Waals surface area contributed by atoms with Crippen LogP contribution in [0, 0.1) is 5.82 Å². The van der Waals surface area contributed by atoms with Crippen molar-refractivity contribution < 1.29 is 37.7 Å². The van der Waals surface area contributed by atoms with Crippen molar-refractivity contribution >= 4 is 17.8 Å². The van der Waals surface area contributed by atoms with Crippen molar-refractivity contribution in [1.82, 2.24) is 10.9 Å². The van der Waals surface area contributed by atoms with E-state index in [0.29, 0.717) is 17.1 Å². The standard InChI is InChI=1S/C20H19FN2O7/c1-27-14-7-6-12(8-13(14)21)9-19(25)29-11-18(24)22-23-20(26)17-10-28-15-4-2-3-5-16(15)30-17/h2-8,17H,9-11H2,1H3,(H,22,24)(H,23,26)/t17-/m1/s1. The molecule has 0 aromatic heterocycles. The van der Waals surface area contributed by atoms with Gasteiger partial charge in [0.15, 0.2) is 29.7 Å². The molecule has 2 amide bonds. The van der Waals surface area contributed by atoms with Crippen LogP contribution in [0.1, 0.15) is 5.56 Å². The molecule has 9 nitrogen and oxygen atoms in total. The van der Waals surface area contributed by atoms with E-state index in [0.717, 1.165) is 6.07 Å². The van der Waals surface area contributed by atoms with Gasteiger partial charge in [-0.2, -0.15) is 0 Å². The zero-order chi connectivity index (χ0) is 21.5. The topological polar surface area (TPSA) is 112 Å². The summed E-state index contributed by atoms with van der Waals surface area (Å²) in [6.07, 6.45) is -1.18. The van der Waals surface area contributed by atoms with Gasteiger partial charge in [-0.15, -0.1) is 0 Å². The molecule has 158 valence electrons. The largest absolute Gasteiger partial charge is 0.494 e. The Morgan fingerprint density at radius 1 is 1.13 bits per heavy atom. The molecular weight excluding hydrogens is 399 g/mol. The number of hydrogen-bond donors (Lipinski definition) is 2. The zero-order valence-electron chi connectivity index (χ0n) is 16.0. The van der Waals surface area contributed by atoms with Crippen LogP contribution in [0.2, 0.25) is 0 Å². The summed E-state index contributed by atoms with van der Waals surface area (Å²) in [5, 5.41) is 0. The Morgan fingerprint density at radius 3 is 2.63 bits per heavy atom. The number of carbonyl (C=O) groups is 3. The first kappa shape index (κ1) is 20.9. The predicted octanol–water partition coefficient (Wildman–Crippen LogP) is 0.907. The highest BCUT2D eigenvalue weighted by atomic mass is 19.1. The number of ether oxygens (including phenoxy) is 4. The van der Waals surface area contributed by atoms with Crippen molar-refractivity contribution in [3.8, 4) is 17.2 Å². The molecule has 0 radical (unpaired) electrons. The fraction of sp³-hybridized carbons (Fsp3) is 0.250. The zero-order valence-corrected chi connectivity index (χ0v) is 16.0. The molecule has 2 aromatic carbocycles. The van der Waals surface area contributed by atoms with Gasteiger partial charge in [-0.3, -0.25) is 25.2 Å². The van der Waals surface area contributed by atoms with E-state index in [1.807, 2.05) is 0 Å². The van der Waals surface area contributed by atoms with Gasteiger partial charge in [-0.05, 0) is 29.8 Å². The molecule has 0 bridgehead atoms. The minimum absolute atomic E-state index is 0.0217. The van der Waals surface area contributed by atoms with Gasteiger partial charge in [-0.25, -0.2) is 4.39 Å². The molecule has 1 heterocycles. The number of para-hydroxylation sites is 2. The van der Waals surface area contributed by atoms with Crippen LogP contribution in [0.3, 0.4) is 0 Å². The van der Waals surface area contributed by atoms with Crippen LogP contribution in [-0.4, -0.2) is 44.2 Å². The number of hydrazine groups is 1. The lowest BCUT2D eigenvalue weighted by Crippen LogP contribution is -2.51. The fourth-order valence-corrected chi connectivity index (χ4v) is 2.58. The number of hydrogen-bond acceptors (Lipinski definition) is 7. The van der Waals surface area contributed by atoms with Gasteiger partial charge in [0.05, 0.1) is 13.5 Å². The number of rotatable bonds is 6. The van der Waals surface area contributed by atoms with Crippen LogP contribution in [-0.2, 0) is 25.5 Å².